The van der Waals surface area contributed by atoms with Crippen LogP contribution in [0.4, 0.5) is 0 Å². The second-order valence-corrected chi connectivity index (χ2v) is 7.17. The van der Waals surface area contributed by atoms with Gasteiger partial charge in [0.15, 0.2) is 5.96 Å². The highest BCUT2D eigenvalue weighted by Crippen LogP contribution is 2.26. The number of nitrogens with one attached hydrogen (secondary N) is 1. The first-order chi connectivity index (χ1) is 13.7. The molecule has 1 aromatic carbocycles. The zero-order chi connectivity index (χ0) is 19.3. The standard InChI is InChI=1S/C21H27N7/c1-3-22-21(27-12-9-18(16-27)19-14-25-26(2)15-19)23-13-17-5-7-20(8-6-17)28-11-4-10-24-28/h4-8,10-11,14-15,18H,3,9,12-13,16H2,1-2H3,(H,22,23). The lowest BCUT2D eigenvalue weighted by Crippen LogP contribution is -2.40. The Labute approximate surface area is 165 Å². The van der Waals surface area contributed by atoms with Crippen LogP contribution in [0.2, 0.25) is 0 Å². The average Bonchev–Trinajstić information content (AvgIpc) is 3.46. The number of guanidine groups is 1. The van der Waals surface area contributed by atoms with E-state index in [4.69, 9.17) is 4.99 Å². The maximum atomic E-state index is 4.88. The number of rotatable bonds is 5. The number of nitrogens with zero attached hydrogens (tertiary/aromatic N) is 6. The van der Waals surface area contributed by atoms with Crippen molar-refractivity contribution in [2.24, 2.45) is 12.0 Å². The van der Waals surface area contributed by atoms with Gasteiger partial charge in [-0.1, -0.05) is 12.1 Å². The van der Waals surface area contributed by atoms with Gasteiger partial charge in [-0.05, 0) is 42.7 Å². The van der Waals surface area contributed by atoms with E-state index in [0.717, 1.165) is 37.7 Å². The first-order valence-electron chi connectivity index (χ1n) is 9.83. The summed E-state index contributed by atoms with van der Waals surface area (Å²) < 4.78 is 3.74. The largest absolute Gasteiger partial charge is 0.357 e. The van der Waals surface area contributed by atoms with Gasteiger partial charge in [-0.15, -0.1) is 0 Å². The highest BCUT2D eigenvalue weighted by atomic mass is 15.3. The van der Waals surface area contributed by atoms with E-state index in [-0.39, 0.29) is 0 Å². The fraction of sp³-hybridized carbons (Fsp3) is 0.381. The van der Waals surface area contributed by atoms with Crippen molar-refractivity contribution >= 4 is 5.96 Å². The SMILES string of the molecule is CCNC(=NCc1ccc(-n2cccn2)cc1)N1CCC(c2cnn(C)c2)C1. The molecule has 3 aromatic rings. The quantitative estimate of drug-likeness (QED) is 0.548. The van der Waals surface area contributed by atoms with Gasteiger partial charge in [0.25, 0.3) is 0 Å². The van der Waals surface area contributed by atoms with Gasteiger partial charge >= 0.3 is 0 Å². The Balaban J connectivity index is 1.42. The molecule has 28 heavy (non-hydrogen) atoms. The number of aryl methyl sites for hydroxylation is 1. The summed E-state index contributed by atoms with van der Waals surface area (Å²) in [5.74, 6) is 1.51. The zero-order valence-corrected chi connectivity index (χ0v) is 16.5. The van der Waals surface area contributed by atoms with Crippen molar-refractivity contribution in [2.75, 3.05) is 19.6 Å². The summed E-state index contributed by atoms with van der Waals surface area (Å²) in [5, 5.41) is 12.0. The van der Waals surface area contributed by atoms with E-state index < -0.39 is 0 Å². The van der Waals surface area contributed by atoms with E-state index in [1.807, 2.05) is 34.9 Å². The van der Waals surface area contributed by atoms with E-state index >= 15 is 0 Å². The third-order valence-corrected chi connectivity index (χ3v) is 5.14. The summed E-state index contributed by atoms with van der Waals surface area (Å²) in [5.41, 5.74) is 3.56. The molecule has 0 spiro atoms. The summed E-state index contributed by atoms with van der Waals surface area (Å²) in [4.78, 5) is 7.24. The predicted octanol–water partition coefficient (Wildman–Crippen LogP) is 2.56. The monoisotopic (exact) mass is 377 g/mol. The fourth-order valence-corrected chi connectivity index (χ4v) is 3.64. The molecule has 0 aliphatic carbocycles. The molecule has 1 aliphatic rings. The molecule has 1 fully saturated rings. The summed E-state index contributed by atoms with van der Waals surface area (Å²) in [6.07, 6.45) is 8.98. The number of hydrogen-bond donors (Lipinski definition) is 1. The molecule has 146 valence electrons. The van der Waals surface area contributed by atoms with E-state index in [2.05, 4.69) is 57.8 Å². The molecule has 4 rings (SSSR count). The highest BCUT2D eigenvalue weighted by Gasteiger charge is 2.26. The van der Waals surface area contributed by atoms with Crippen LogP contribution in [0.25, 0.3) is 5.69 Å². The van der Waals surface area contributed by atoms with E-state index in [0.29, 0.717) is 12.5 Å². The Bertz CT molecular complexity index is 909. The molecule has 0 bridgehead atoms. The Hall–Kier alpha value is -3.09. The van der Waals surface area contributed by atoms with Crippen molar-refractivity contribution in [3.63, 3.8) is 0 Å². The van der Waals surface area contributed by atoms with Crippen LogP contribution in [0.5, 0.6) is 0 Å². The number of aliphatic imine (C=N–C) groups is 1. The number of likely N-dealkylation sites (tertiary alicyclic amines) is 1. The zero-order valence-electron chi connectivity index (χ0n) is 16.5. The van der Waals surface area contributed by atoms with Crippen LogP contribution in [-0.4, -0.2) is 50.1 Å². The molecule has 1 atom stereocenters. The molecule has 1 saturated heterocycles. The fourth-order valence-electron chi connectivity index (χ4n) is 3.64. The molecule has 1 aliphatic heterocycles. The predicted molar refractivity (Wildman–Crippen MR) is 111 cm³/mol. The van der Waals surface area contributed by atoms with Gasteiger partial charge in [-0.2, -0.15) is 10.2 Å². The van der Waals surface area contributed by atoms with Crippen molar-refractivity contribution in [2.45, 2.75) is 25.8 Å². The molecule has 1 N–H and O–H groups in total. The molecular weight excluding hydrogens is 350 g/mol. The normalized spacial score (nSPS) is 17.3. The lowest BCUT2D eigenvalue weighted by atomic mass is 10.0. The van der Waals surface area contributed by atoms with Crippen LogP contribution in [0.15, 0.2) is 60.1 Å². The molecular formula is C21H27N7. The second kappa shape index (κ2) is 8.29. The summed E-state index contributed by atoms with van der Waals surface area (Å²) in [6, 6.07) is 10.3. The number of aromatic nitrogens is 4. The summed E-state index contributed by atoms with van der Waals surface area (Å²) >= 11 is 0. The Morgan fingerprint density at radius 2 is 2.11 bits per heavy atom. The molecule has 0 saturated carbocycles. The molecule has 0 radical (unpaired) electrons. The Kier molecular flexibility index (Phi) is 5.41. The van der Waals surface area contributed by atoms with Gasteiger partial charge in [-0.3, -0.25) is 4.68 Å². The van der Waals surface area contributed by atoms with Crippen molar-refractivity contribution in [3.8, 4) is 5.69 Å². The van der Waals surface area contributed by atoms with E-state index in [9.17, 15) is 0 Å². The smallest absolute Gasteiger partial charge is 0.194 e. The van der Waals surface area contributed by atoms with Gasteiger partial charge in [-0.25, -0.2) is 9.67 Å². The maximum absolute atomic E-state index is 4.88. The Morgan fingerprint density at radius 3 is 2.79 bits per heavy atom. The van der Waals surface area contributed by atoms with Crippen LogP contribution < -0.4 is 5.32 Å². The average molecular weight is 377 g/mol. The van der Waals surface area contributed by atoms with Crippen molar-refractivity contribution < 1.29 is 0 Å². The highest BCUT2D eigenvalue weighted by molar-refractivity contribution is 5.80. The number of benzene rings is 1. The second-order valence-electron chi connectivity index (χ2n) is 7.17. The van der Waals surface area contributed by atoms with E-state index in [1.165, 1.54) is 11.1 Å². The van der Waals surface area contributed by atoms with Gasteiger partial charge in [0.2, 0.25) is 0 Å². The maximum Gasteiger partial charge on any atom is 0.194 e. The van der Waals surface area contributed by atoms with Crippen molar-refractivity contribution in [3.05, 3.63) is 66.2 Å². The minimum Gasteiger partial charge on any atom is -0.357 e. The lowest BCUT2D eigenvalue weighted by molar-refractivity contribution is 0.486. The first-order valence-corrected chi connectivity index (χ1v) is 9.83. The number of hydrogen-bond acceptors (Lipinski definition) is 3. The van der Waals surface area contributed by atoms with Crippen LogP contribution in [0.1, 0.15) is 30.4 Å². The molecule has 2 aromatic heterocycles. The van der Waals surface area contributed by atoms with Crippen LogP contribution in [-0.2, 0) is 13.6 Å². The minimum atomic E-state index is 0.519. The Morgan fingerprint density at radius 1 is 1.25 bits per heavy atom. The minimum absolute atomic E-state index is 0.519. The third kappa shape index (κ3) is 4.08. The third-order valence-electron chi connectivity index (χ3n) is 5.14. The van der Waals surface area contributed by atoms with Crippen molar-refractivity contribution in [1.29, 1.82) is 0 Å². The van der Waals surface area contributed by atoms with Crippen LogP contribution >= 0.6 is 0 Å². The van der Waals surface area contributed by atoms with Gasteiger partial charge in [0.1, 0.15) is 0 Å². The first kappa shape index (κ1) is 18.3. The molecule has 7 heteroatoms. The lowest BCUT2D eigenvalue weighted by Gasteiger charge is -2.21. The van der Waals surface area contributed by atoms with Gasteiger partial charge in [0.05, 0.1) is 18.4 Å². The molecule has 1 unspecified atom stereocenters. The molecule has 7 nitrogen and oxygen atoms in total. The van der Waals surface area contributed by atoms with Crippen molar-refractivity contribution in [1.82, 2.24) is 29.8 Å². The van der Waals surface area contributed by atoms with Crippen LogP contribution in [0.3, 0.4) is 0 Å². The topological polar surface area (TPSA) is 63.3 Å². The molecule has 3 heterocycles. The summed E-state index contributed by atoms with van der Waals surface area (Å²) in [6.45, 7) is 5.64. The summed E-state index contributed by atoms with van der Waals surface area (Å²) in [7, 11) is 1.97. The van der Waals surface area contributed by atoms with Gasteiger partial charge in [0, 0.05) is 51.2 Å². The van der Waals surface area contributed by atoms with Crippen LogP contribution in [0, 0.1) is 0 Å². The van der Waals surface area contributed by atoms with E-state index in [1.54, 1.807) is 6.20 Å². The molecule has 0 amide bonds. The van der Waals surface area contributed by atoms with Gasteiger partial charge < -0.3 is 10.2 Å².